The lowest BCUT2D eigenvalue weighted by Gasteiger charge is -2.24. The Hall–Kier alpha value is -1.06. The molecule has 0 saturated heterocycles. The number of carbonyl (C=O) groups is 2. The van der Waals surface area contributed by atoms with Gasteiger partial charge in [0.1, 0.15) is 0 Å². The molecule has 15 heavy (non-hydrogen) atoms. The van der Waals surface area contributed by atoms with Gasteiger partial charge in [-0.3, -0.25) is 9.59 Å². The molecule has 2 aliphatic rings. The second-order valence-corrected chi connectivity index (χ2v) is 4.49. The van der Waals surface area contributed by atoms with E-state index in [1.54, 1.807) is 0 Å². The molecule has 4 nitrogen and oxygen atoms in total. The van der Waals surface area contributed by atoms with Crippen molar-refractivity contribution in [3.8, 4) is 0 Å². The SMILES string of the molecule is COC(=O)[C@H]1C[C@H]2C[C@@H]1C[C@@H]2C(=O)OC. The minimum atomic E-state index is -0.120. The molecule has 2 fully saturated rings. The van der Waals surface area contributed by atoms with Crippen molar-refractivity contribution in [2.45, 2.75) is 19.3 Å². The van der Waals surface area contributed by atoms with Crippen LogP contribution < -0.4 is 0 Å². The normalized spacial score (nSPS) is 37.7. The molecule has 0 aromatic rings. The lowest BCUT2D eigenvalue weighted by atomic mass is 9.82. The van der Waals surface area contributed by atoms with Crippen LogP contribution in [-0.4, -0.2) is 26.2 Å². The van der Waals surface area contributed by atoms with Crippen LogP contribution in [0.2, 0.25) is 0 Å². The average Bonchev–Trinajstić information content (AvgIpc) is 2.85. The fourth-order valence-corrected chi connectivity index (χ4v) is 3.16. The predicted molar refractivity (Wildman–Crippen MR) is 51.8 cm³/mol. The van der Waals surface area contributed by atoms with Crippen molar-refractivity contribution in [1.29, 1.82) is 0 Å². The van der Waals surface area contributed by atoms with Crippen LogP contribution in [0.4, 0.5) is 0 Å². The Morgan fingerprint density at radius 2 is 1.27 bits per heavy atom. The number of ether oxygens (including phenoxy) is 2. The number of hydrogen-bond acceptors (Lipinski definition) is 4. The quantitative estimate of drug-likeness (QED) is 0.641. The van der Waals surface area contributed by atoms with Crippen molar-refractivity contribution < 1.29 is 19.1 Å². The molecule has 0 heterocycles. The zero-order valence-corrected chi connectivity index (χ0v) is 9.06. The molecule has 84 valence electrons. The van der Waals surface area contributed by atoms with Crippen molar-refractivity contribution in [2.75, 3.05) is 14.2 Å². The van der Waals surface area contributed by atoms with Crippen molar-refractivity contribution >= 4 is 11.9 Å². The van der Waals surface area contributed by atoms with Crippen LogP contribution in [0.15, 0.2) is 0 Å². The summed E-state index contributed by atoms with van der Waals surface area (Å²) in [5.41, 5.74) is 0. The van der Waals surface area contributed by atoms with E-state index in [0.29, 0.717) is 11.8 Å². The molecule has 2 aliphatic carbocycles. The number of hydrogen-bond donors (Lipinski definition) is 0. The summed E-state index contributed by atoms with van der Waals surface area (Å²) in [5, 5.41) is 0. The molecule has 0 unspecified atom stereocenters. The highest BCUT2D eigenvalue weighted by Gasteiger charge is 2.51. The molecule has 0 aromatic heterocycles. The van der Waals surface area contributed by atoms with Gasteiger partial charge >= 0.3 is 11.9 Å². The van der Waals surface area contributed by atoms with E-state index in [-0.39, 0.29) is 23.8 Å². The van der Waals surface area contributed by atoms with E-state index < -0.39 is 0 Å². The Kier molecular flexibility index (Phi) is 2.67. The first-order chi connectivity index (χ1) is 7.17. The van der Waals surface area contributed by atoms with Gasteiger partial charge < -0.3 is 9.47 Å². The maximum absolute atomic E-state index is 11.4. The Labute approximate surface area is 88.9 Å². The lowest BCUT2D eigenvalue weighted by molar-refractivity contribution is -0.152. The van der Waals surface area contributed by atoms with Gasteiger partial charge in [0.15, 0.2) is 0 Å². The second-order valence-electron chi connectivity index (χ2n) is 4.49. The van der Waals surface area contributed by atoms with Gasteiger partial charge in [0.25, 0.3) is 0 Å². The summed E-state index contributed by atoms with van der Waals surface area (Å²) >= 11 is 0. The molecule has 0 aliphatic heterocycles. The summed E-state index contributed by atoms with van der Waals surface area (Å²) in [6, 6.07) is 0. The van der Waals surface area contributed by atoms with Crippen LogP contribution in [0.3, 0.4) is 0 Å². The number of carbonyl (C=O) groups excluding carboxylic acids is 2. The standard InChI is InChI=1S/C11H16O4/c1-14-10(12)8-4-7-3-6(8)5-9(7)11(13)15-2/h6-9H,3-5H2,1-2H3/t6-,7-,8+,9+/m1/s1. The van der Waals surface area contributed by atoms with Gasteiger partial charge in [-0.1, -0.05) is 0 Å². The third-order valence-corrected chi connectivity index (χ3v) is 3.86. The first-order valence-corrected chi connectivity index (χ1v) is 5.33. The predicted octanol–water partition coefficient (Wildman–Crippen LogP) is 0.995. The lowest BCUT2D eigenvalue weighted by Crippen LogP contribution is -2.29. The molecule has 0 amide bonds. The van der Waals surface area contributed by atoms with Crippen molar-refractivity contribution in [1.82, 2.24) is 0 Å². The van der Waals surface area contributed by atoms with Crippen LogP contribution in [0.5, 0.6) is 0 Å². The molecule has 0 radical (unpaired) electrons. The topological polar surface area (TPSA) is 52.6 Å². The highest BCUT2D eigenvalue weighted by Crippen LogP contribution is 2.52. The summed E-state index contributed by atoms with van der Waals surface area (Å²) in [5.74, 6) is 0.441. The highest BCUT2D eigenvalue weighted by molar-refractivity contribution is 5.76. The summed E-state index contributed by atoms with van der Waals surface area (Å²) < 4.78 is 9.51. The van der Waals surface area contributed by atoms with E-state index in [1.807, 2.05) is 0 Å². The number of rotatable bonds is 2. The molecule has 2 bridgehead atoms. The fourth-order valence-electron chi connectivity index (χ4n) is 3.16. The molecule has 2 saturated carbocycles. The van der Waals surface area contributed by atoms with Crippen LogP contribution in [-0.2, 0) is 19.1 Å². The maximum atomic E-state index is 11.4. The van der Waals surface area contributed by atoms with Gasteiger partial charge in [0.2, 0.25) is 0 Å². The van der Waals surface area contributed by atoms with Crippen molar-refractivity contribution in [3.05, 3.63) is 0 Å². The maximum Gasteiger partial charge on any atom is 0.308 e. The largest absolute Gasteiger partial charge is 0.469 e. The summed E-state index contributed by atoms with van der Waals surface area (Å²) in [4.78, 5) is 22.8. The summed E-state index contributed by atoms with van der Waals surface area (Å²) in [7, 11) is 2.85. The number of methoxy groups -OCH3 is 2. The molecule has 2 rings (SSSR count). The minimum Gasteiger partial charge on any atom is -0.469 e. The van der Waals surface area contributed by atoms with E-state index in [0.717, 1.165) is 19.3 Å². The number of fused-ring (bicyclic) bond motifs is 2. The first kappa shape index (κ1) is 10.5. The van der Waals surface area contributed by atoms with E-state index >= 15 is 0 Å². The number of esters is 2. The highest BCUT2D eigenvalue weighted by atomic mass is 16.5. The van der Waals surface area contributed by atoms with Crippen LogP contribution >= 0.6 is 0 Å². The summed E-state index contributed by atoms with van der Waals surface area (Å²) in [6.07, 6.45) is 2.55. The smallest absolute Gasteiger partial charge is 0.308 e. The van der Waals surface area contributed by atoms with E-state index in [1.165, 1.54) is 14.2 Å². The van der Waals surface area contributed by atoms with Gasteiger partial charge in [-0.25, -0.2) is 0 Å². The van der Waals surface area contributed by atoms with Gasteiger partial charge in [0.05, 0.1) is 26.1 Å². The van der Waals surface area contributed by atoms with Crippen LogP contribution in [0, 0.1) is 23.7 Å². The zero-order chi connectivity index (χ0) is 11.0. The van der Waals surface area contributed by atoms with Gasteiger partial charge in [-0.15, -0.1) is 0 Å². The molecule has 0 aromatic carbocycles. The first-order valence-electron chi connectivity index (χ1n) is 5.33. The molecular weight excluding hydrogens is 196 g/mol. The molecule has 4 atom stereocenters. The van der Waals surface area contributed by atoms with Gasteiger partial charge in [-0.05, 0) is 31.1 Å². The van der Waals surface area contributed by atoms with Gasteiger partial charge in [-0.2, -0.15) is 0 Å². The Morgan fingerprint density at radius 3 is 1.53 bits per heavy atom. The Morgan fingerprint density at radius 1 is 0.867 bits per heavy atom. The minimum absolute atomic E-state index is 0.0147. The molecule has 4 heteroatoms. The fraction of sp³-hybridized carbons (Fsp3) is 0.818. The van der Waals surface area contributed by atoms with E-state index in [2.05, 4.69) is 0 Å². The zero-order valence-electron chi connectivity index (χ0n) is 9.06. The van der Waals surface area contributed by atoms with E-state index in [9.17, 15) is 9.59 Å². The summed E-state index contributed by atoms with van der Waals surface area (Å²) in [6.45, 7) is 0. The van der Waals surface area contributed by atoms with E-state index in [4.69, 9.17) is 9.47 Å². The third-order valence-electron chi connectivity index (χ3n) is 3.86. The Bertz CT molecular complexity index is 258. The van der Waals surface area contributed by atoms with Crippen molar-refractivity contribution in [2.24, 2.45) is 23.7 Å². The molecule has 0 N–H and O–H groups in total. The Balaban J connectivity index is 2.00. The molecule has 0 spiro atoms. The van der Waals surface area contributed by atoms with Crippen LogP contribution in [0.25, 0.3) is 0 Å². The third kappa shape index (κ3) is 1.62. The van der Waals surface area contributed by atoms with Crippen LogP contribution in [0.1, 0.15) is 19.3 Å². The molecular formula is C11H16O4. The van der Waals surface area contributed by atoms with Crippen molar-refractivity contribution in [3.63, 3.8) is 0 Å². The average molecular weight is 212 g/mol. The second kappa shape index (κ2) is 3.83. The monoisotopic (exact) mass is 212 g/mol. The van der Waals surface area contributed by atoms with Gasteiger partial charge in [0, 0.05) is 0 Å².